The number of aliphatic imine (C=N–C) groups is 1. The molecular formula is C36H57N9O9. The molecule has 0 unspecified atom stereocenters. The first-order chi connectivity index (χ1) is 25.3. The van der Waals surface area contributed by atoms with Crippen molar-refractivity contribution in [1.29, 1.82) is 0 Å². The molecule has 4 atom stereocenters. The molecule has 2 rings (SSSR count). The SMILES string of the molecule is CC(=O)O.CC(=O)O.Cc1cc(O)cc(C)c1C[C@H](NC(=O)[C@H](N)CCCN=C(N)N)C(=O)N[C@@H](CCCCN)C(=O)N[C@@H](Cc1ccccc1)C(N)=O. The highest BCUT2D eigenvalue weighted by Crippen LogP contribution is 2.22. The molecule has 0 spiro atoms. The number of hydrogen-bond acceptors (Lipinski definition) is 10. The van der Waals surface area contributed by atoms with E-state index < -0.39 is 59.7 Å². The van der Waals surface area contributed by atoms with Crippen LogP contribution in [0.5, 0.6) is 5.75 Å². The number of phenols is 1. The summed E-state index contributed by atoms with van der Waals surface area (Å²) in [5.74, 6) is -4.17. The molecule has 0 aliphatic heterocycles. The number of aliphatic carboxylic acids is 2. The molecule has 0 bridgehead atoms. The van der Waals surface area contributed by atoms with Gasteiger partial charge in [-0.1, -0.05) is 30.3 Å². The van der Waals surface area contributed by atoms with Crippen LogP contribution in [0.3, 0.4) is 0 Å². The Morgan fingerprint density at radius 1 is 0.722 bits per heavy atom. The van der Waals surface area contributed by atoms with Gasteiger partial charge in [-0.3, -0.25) is 33.8 Å². The fourth-order valence-corrected chi connectivity index (χ4v) is 5.01. The smallest absolute Gasteiger partial charge is 0.300 e. The Hall–Kier alpha value is -5.75. The third-order valence-electron chi connectivity index (χ3n) is 7.55. The zero-order valence-electron chi connectivity index (χ0n) is 31.3. The molecule has 0 saturated carbocycles. The predicted molar refractivity (Wildman–Crippen MR) is 204 cm³/mol. The lowest BCUT2D eigenvalue weighted by Crippen LogP contribution is -2.58. The first kappa shape index (κ1) is 48.2. The number of carbonyl (C=O) groups excluding carboxylic acids is 4. The highest BCUT2D eigenvalue weighted by atomic mass is 16.4. The standard InChI is InChI=1S/C32H49N9O5.2C2H4O2/c1-19-15-22(42)16-20(2)23(19)18-27(41-29(44)24(34)11-8-14-38-32(36)37)31(46)39-25(12-6-7-13-33)30(45)40-26(28(35)43)17-21-9-4-3-5-10-21;2*1-2(3)4/h3-5,9-10,15-16,24-27,42H,6-8,11-14,17-18,33-34H2,1-2H3,(H2,35,43)(H,39,46)(H,40,45)(H,41,44)(H4,36,37,38);2*1H3,(H,3,4)/t24-,25+,26+,27+;;/m1../s1. The molecule has 2 aromatic carbocycles. The number of phenolic OH excluding ortho intramolecular Hbond substituents is 1. The van der Waals surface area contributed by atoms with Crippen molar-refractivity contribution in [3.05, 3.63) is 64.7 Å². The van der Waals surface area contributed by atoms with E-state index in [1.54, 1.807) is 26.0 Å². The molecule has 0 heterocycles. The lowest BCUT2D eigenvalue weighted by Gasteiger charge is -2.26. The van der Waals surface area contributed by atoms with Crippen LogP contribution >= 0.6 is 0 Å². The average Bonchev–Trinajstić information content (AvgIpc) is 3.06. The van der Waals surface area contributed by atoms with E-state index in [0.717, 1.165) is 25.0 Å². The molecule has 0 fully saturated rings. The second kappa shape index (κ2) is 26.1. The summed E-state index contributed by atoms with van der Waals surface area (Å²) in [6, 6.07) is 8.07. The first-order valence-corrected chi connectivity index (χ1v) is 17.2. The Bertz CT molecular complexity index is 1510. The molecule has 18 nitrogen and oxygen atoms in total. The summed E-state index contributed by atoms with van der Waals surface area (Å²) in [6.45, 7) is 6.41. The molecule has 4 amide bonds. The topological polar surface area (TPSA) is 342 Å². The Labute approximate surface area is 315 Å². The van der Waals surface area contributed by atoms with Crippen molar-refractivity contribution in [2.24, 2.45) is 33.7 Å². The number of amides is 4. The second-order valence-electron chi connectivity index (χ2n) is 12.4. The molecule has 16 N–H and O–H groups in total. The van der Waals surface area contributed by atoms with Crippen LogP contribution in [0.15, 0.2) is 47.5 Å². The number of hydrogen-bond donors (Lipinski definition) is 11. The van der Waals surface area contributed by atoms with Crippen LogP contribution in [-0.2, 0) is 41.6 Å². The lowest BCUT2D eigenvalue weighted by atomic mass is 9.95. The third kappa shape index (κ3) is 21.6. The maximum atomic E-state index is 13.8. The van der Waals surface area contributed by atoms with Crippen LogP contribution < -0.4 is 44.6 Å². The van der Waals surface area contributed by atoms with Crippen molar-refractivity contribution in [1.82, 2.24) is 16.0 Å². The Balaban J connectivity index is 0.00000318. The van der Waals surface area contributed by atoms with E-state index in [-0.39, 0.29) is 43.9 Å². The van der Waals surface area contributed by atoms with Gasteiger partial charge in [-0.2, -0.15) is 0 Å². The summed E-state index contributed by atoms with van der Waals surface area (Å²) in [7, 11) is 0. The minimum Gasteiger partial charge on any atom is -0.508 e. The molecule has 300 valence electrons. The lowest BCUT2D eigenvalue weighted by molar-refractivity contribution is -0.135. The maximum Gasteiger partial charge on any atom is 0.300 e. The monoisotopic (exact) mass is 759 g/mol. The van der Waals surface area contributed by atoms with Gasteiger partial charge in [0, 0.05) is 33.2 Å². The van der Waals surface area contributed by atoms with Gasteiger partial charge in [0.25, 0.3) is 11.9 Å². The number of nitrogens with zero attached hydrogens (tertiary/aromatic N) is 1. The summed E-state index contributed by atoms with van der Waals surface area (Å²) in [5, 5.41) is 33.1. The van der Waals surface area contributed by atoms with Gasteiger partial charge < -0.3 is 59.9 Å². The number of carbonyl (C=O) groups is 6. The molecule has 0 radical (unpaired) electrons. The predicted octanol–water partition coefficient (Wildman–Crippen LogP) is -0.574. The summed E-state index contributed by atoms with van der Waals surface area (Å²) in [4.78, 5) is 74.6. The molecule has 0 aromatic heterocycles. The average molecular weight is 760 g/mol. The number of nitrogens with two attached hydrogens (primary N) is 5. The molecular weight excluding hydrogens is 702 g/mol. The Morgan fingerprint density at radius 2 is 1.22 bits per heavy atom. The number of primary amides is 1. The number of carboxylic acid groups (broad SMARTS) is 2. The Morgan fingerprint density at radius 3 is 1.72 bits per heavy atom. The van der Waals surface area contributed by atoms with Gasteiger partial charge in [-0.15, -0.1) is 0 Å². The molecule has 18 heteroatoms. The minimum atomic E-state index is -1.13. The Kier molecular flexibility index (Phi) is 23.3. The van der Waals surface area contributed by atoms with Crippen molar-refractivity contribution in [2.75, 3.05) is 13.1 Å². The van der Waals surface area contributed by atoms with Gasteiger partial charge in [0.05, 0.1) is 6.04 Å². The van der Waals surface area contributed by atoms with Crippen LogP contribution in [0.4, 0.5) is 0 Å². The number of unbranched alkanes of at least 4 members (excludes halogenated alkanes) is 1. The van der Waals surface area contributed by atoms with Crippen LogP contribution in [0, 0.1) is 13.8 Å². The van der Waals surface area contributed by atoms with Gasteiger partial charge >= 0.3 is 0 Å². The van der Waals surface area contributed by atoms with Gasteiger partial charge in [0.2, 0.25) is 23.6 Å². The van der Waals surface area contributed by atoms with Crippen LogP contribution in [-0.4, -0.2) is 94.1 Å². The van der Waals surface area contributed by atoms with E-state index in [0.29, 0.717) is 36.9 Å². The van der Waals surface area contributed by atoms with Crippen molar-refractivity contribution in [3.8, 4) is 5.75 Å². The summed E-state index contributed by atoms with van der Waals surface area (Å²) in [6.07, 6.45) is 2.27. The van der Waals surface area contributed by atoms with Crippen molar-refractivity contribution >= 4 is 41.5 Å². The van der Waals surface area contributed by atoms with E-state index in [1.807, 2.05) is 30.3 Å². The first-order valence-electron chi connectivity index (χ1n) is 17.2. The van der Waals surface area contributed by atoms with Crippen LogP contribution in [0.25, 0.3) is 0 Å². The number of aryl methyl sites for hydroxylation is 2. The van der Waals surface area contributed by atoms with Crippen molar-refractivity contribution < 1.29 is 44.1 Å². The minimum absolute atomic E-state index is 0.0608. The van der Waals surface area contributed by atoms with Crippen molar-refractivity contribution in [2.45, 2.75) is 96.8 Å². The second-order valence-corrected chi connectivity index (χ2v) is 12.4. The molecule has 2 aromatic rings. The quantitative estimate of drug-likeness (QED) is 0.0486. The van der Waals surface area contributed by atoms with Gasteiger partial charge in [-0.05, 0) is 86.9 Å². The maximum absolute atomic E-state index is 13.8. The fraction of sp³-hybridized carbons (Fsp3) is 0.472. The van der Waals surface area contributed by atoms with Gasteiger partial charge in [0.1, 0.15) is 23.9 Å². The van der Waals surface area contributed by atoms with E-state index >= 15 is 0 Å². The van der Waals surface area contributed by atoms with E-state index in [1.165, 1.54) is 0 Å². The number of rotatable bonds is 19. The normalized spacial score (nSPS) is 12.4. The largest absolute Gasteiger partial charge is 0.508 e. The van der Waals surface area contributed by atoms with E-state index in [4.69, 9.17) is 48.5 Å². The van der Waals surface area contributed by atoms with E-state index in [9.17, 15) is 24.3 Å². The fourth-order valence-electron chi connectivity index (χ4n) is 5.01. The van der Waals surface area contributed by atoms with Gasteiger partial charge in [0.15, 0.2) is 5.96 Å². The highest BCUT2D eigenvalue weighted by molar-refractivity contribution is 5.94. The van der Waals surface area contributed by atoms with Crippen LogP contribution in [0.1, 0.15) is 68.2 Å². The van der Waals surface area contributed by atoms with Gasteiger partial charge in [-0.25, -0.2) is 0 Å². The molecule has 0 aliphatic carbocycles. The number of aromatic hydroxyl groups is 1. The summed E-state index contributed by atoms with van der Waals surface area (Å²) in [5.41, 5.74) is 31.1. The number of guanidine groups is 1. The molecule has 0 aliphatic rings. The number of nitrogens with one attached hydrogen (secondary N) is 3. The van der Waals surface area contributed by atoms with Crippen LogP contribution in [0.2, 0.25) is 0 Å². The van der Waals surface area contributed by atoms with E-state index in [2.05, 4.69) is 20.9 Å². The highest BCUT2D eigenvalue weighted by Gasteiger charge is 2.30. The number of benzene rings is 2. The summed E-state index contributed by atoms with van der Waals surface area (Å²) < 4.78 is 0. The zero-order valence-corrected chi connectivity index (χ0v) is 31.3. The van der Waals surface area contributed by atoms with Crippen molar-refractivity contribution in [3.63, 3.8) is 0 Å². The zero-order chi connectivity index (χ0) is 41.4. The molecule has 54 heavy (non-hydrogen) atoms. The third-order valence-corrected chi connectivity index (χ3v) is 7.55. The number of carboxylic acids is 2. The summed E-state index contributed by atoms with van der Waals surface area (Å²) >= 11 is 0. The molecule has 0 saturated heterocycles.